The molecule has 2 atom stereocenters. The summed E-state index contributed by atoms with van der Waals surface area (Å²) in [4.78, 5) is 2.51. The first-order chi connectivity index (χ1) is 10.1. The second kappa shape index (κ2) is 8.54. The molecule has 2 unspecified atom stereocenters. The van der Waals surface area contributed by atoms with Crippen LogP contribution in [0.15, 0.2) is 22.8 Å². The van der Waals surface area contributed by atoms with Crippen LogP contribution in [-0.2, 0) is 11.3 Å². The summed E-state index contributed by atoms with van der Waals surface area (Å²) in [5.74, 6) is 1.48. The van der Waals surface area contributed by atoms with Gasteiger partial charge in [0.15, 0.2) is 0 Å². The van der Waals surface area contributed by atoms with Crippen LogP contribution < -0.4 is 5.32 Å². The molecule has 1 fully saturated rings. The Bertz CT molecular complexity index is 381. The van der Waals surface area contributed by atoms with Crippen LogP contribution in [0.4, 0.5) is 0 Å². The number of aliphatic hydroxyl groups excluding tert-OH is 1. The Hall–Kier alpha value is -0.880. The number of ether oxygens (including phenoxy) is 1. The normalized spacial score (nSPS) is 21.2. The fraction of sp³-hybridized carbons (Fsp3) is 0.750. The van der Waals surface area contributed by atoms with Crippen LogP contribution in [0.3, 0.4) is 0 Å². The van der Waals surface area contributed by atoms with Crippen molar-refractivity contribution >= 4 is 0 Å². The quantitative estimate of drug-likeness (QED) is 0.723. The summed E-state index contributed by atoms with van der Waals surface area (Å²) in [6, 6.07) is 4.33. The van der Waals surface area contributed by atoms with E-state index in [9.17, 15) is 5.11 Å². The number of hydrogen-bond donors (Lipinski definition) is 2. The molecule has 120 valence electrons. The van der Waals surface area contributed by atoms with Gasteiger partial charge in [-0.05, 0) is 51.4 Å². The Morgan fingerprint density at radius 1 is 1.52 bits per heavy atom. The molecule has 0 amide bonds. The molecule has 0 radical (unpaired) electrons. The molecule has 2 heterocycles. The van der Waals surface area contributed by atoms with Crippen molar-refractivity contribution in [3.63, 3.8) is 0 Å². The van der Waals surface area contributed by atoms with Crippen molar-refractivity contribution in [2.45, 2.75) is 39.0 Å². The van der Waals surface area contributed by atoms with E-state index in [1.807, 2.05) is 12.1 Å². The van der Waals surface area contributed by atoms with E-state index in [4.69, 9.17) is 9.15 Å². The van der Waals surface area contributed by atoms with Gasteiger partial charge in [-0.1, -0.05) is 0 Å². The first-order valence-corrected chi connectivity index (χ1v) is 7.88. The Kier molecular flexibility index (Phi) is 6.70. The molecule has 5 heteroatoms. The Labute approximate surface area is 127 Å². The van der Waals surface area contributed by atoms with Crippen LogP contribution in [0.2, 0.25) is 0 Å². The molecule has 0 aliphatic carbocycles. The maximum Gasteiger partial charge on any atom is 0.129 e. The standard InChI is InChI=1S/C16H28N2O3/c1-13(2)18-6-5-14(10-18)8-17-9-15(19)11-20-12-16-4-3-7-21-16/h3-4,7,13-15,17,19H,5-6,8-12H2,1-2H3. The second-order valence-corrected chi connectivity index (χ2v) is 6.15. The summed E-state index contributed by atoms with van der Waals surface area (Å²) in [7, 11) is 0. The Morgan fingerprint density at radius 2 is 2.38 bits per heavy atom. The van der Waals surface area contributed by atoms with E-state index >= 15 is 0 Å². The Balaban J connectivity index is 1.50. The molecule has 0 spiro atoms. The molecule has 2 N–H and O–H groups in total. The maximum absolute atomic E-state index is 9.86. The van der Waals surface area contributed by atoms with Gasteiger partial charge in [-0.2, -0.15) is 0 Å². The molecule has 0 aromatic carbocycles. The topological polar surface area (TPSA) is 57.9 Å². The minimum absolute atomic E-state index is 0.330. The van der Waals surface area contributed by atoms with E-state index in [2.05, 4.69) is 24.1 Å². The molecule has 1 aromatic heterocycles. The van der Waals surface area contributed by atoms with Crippen LogP contribution in [0, 0.1) is 5.92 Å². The van der Waals surface area contributed by atoms with Crippen molar-refractivity contribution in [2.75, 3.05) is 32.8 Å². The second-order valence-electron chi connectivity index (χ2n) is 6.15. The largest absolute Gasteiger partial charge is 0.467 e. The highest BCUT2D eigenvalue weighted by Gasteiger charge is 2.23. The lowest BCUT2D eigenvalue weighted by Gasteiger charge is -2.20. The van der Waals surface area contributed by atoms with Gasteiger partial charge in [-0.3, -0.25) is 0 Å². The molecule has 2 rings (SSSR count). The maximum atomic E-state index is 9.86. The lowest BCUT2D eigenvalue weighted by molar-refractivity contribution is 0.0224. The zero-order valence-electron chi connectivity index (χ0n) is 13.1. The van der Waals surface area contributed by atoms with Gasteiger partial charge < -0.3 is 24.5 Å². The van der Waals surface area contributed by atoms with E-state index in [0.29, 0.717) is 31.7 Å². The lowest BCUT2D eigenvalue weighted by Crippen LogP contribution is -2.35. The fourth-order valence-corrected chi connectivity index (χ4v) is 2.70. The molecular formula is C16H28N2O3. The summed E-state index contributed by atoms with van der Waals surface area (Å²) < 4.78 is 10.6. The lowest BCUT2D eigenvalue weighted by atomic mass is 10.1. The molecule has 1 aliphatic rings. The van der Waals surface area contributed by atoms with Gasteiger partial charge in [-0.25, -0.2) is 0 Å². The van der Waals surface area contributed by atoms with Gasteiger partial charge in [0, 0.05) is 19.1 Å². The van der Waals surface area contributed by atoms with Crippen molar-refractivity contribution in [3.8, 4) is 0 Å². The van der Waals surface area contributed by atoms with Crippen LogP contribution >= 0.6 is 0 Å². The number of hydrogen-bond acceptors (Lipinski definition) is 5. The molecular weight excluding hydrogens is 268 g/mol. The highest BCUT2D eigenvalue weighted by atomic mass is 16.5. The van der Waals surface area contributed by atoms with E-state index in [0.717, 1.165) is 18.8 Å². The molecule has 1 aliphatic heterocycles. The van der Waals surface area contributed by atoms with Gasteiger partial charge >= 0.3 is 0 Å². The van der Waals surface area contributed by atoms with Crippen LogP contribution in [-0.4, -0.2) is 54.9 Å². The summed E-state index contributed by atoms with van der Waals surface area (Å²) in [5, 5.41) is 13.2. The molecule has 0 saturated carbocycles. The van der Waals surface area contributed by atoms with E-state index in [1.54, 1.807) is 6.26 Å². The smallest absolute Gasteiger partial charge is 0.129 e. The van der Waals surface area contributed by atoms with E-state index in [1.165, 1.54) is 13.0 Å². The van der Waals surface area contributed by atoms with Gasteiger partial charge in [0.05, 0.1) is 19.0 Å². The van der Waals surface area contributed by atoms with Crippen molar-refractivity contribution in [1.29, 1.82) is 0 Å². The molecule has 1 aromatic rings. The SMILES string of the molecule is CC(C)N1CCC(CNCC(O)COCc2ccco2)C1. The number of furan rings is 1. The van der Waals surface area contributed by atoms with Crippen molar-refractivity contribution in [3.05, 3.63) is 24.2 Å². The van der Waals surface area contributed by atoms with Gasteiger partial charge in [0.2, 0.25) is 0 Å². The van der Waals surface area contributed by atoms with E-state index < -0.39 is 6.10 Å². The summed E-state index contributed by atoms with van der Waals surface area (Å²) in [6.07, 6.45) is 2.40. The molecule has 0 bridgehead atoms. The number of aliphatic hydroxyl groups is 1. The minimum atomic E-state index is -0.470. The number of nitrogens with zero attached hydrogens (tertiary/aromatic N) is 1. The zero-order valence-corrected chi connectivity index (χ0v) is 13.1. The van der Waals surface area contributed by atoms with Gasteiger partial charge in [-0.15, -0.1) is 0 Å². The average molecular weight is 296 g/mol. The predicted octanol–water partition coefficient (Wildman–Crippen LogP) is 1.48. The third-order valence-electron chi connectivity index (χ3n) is 4.00. The van der Waals surface area contributed by atoms with Crippen LogP contribution in [0.5, 0.6) is 0 Å². The fourth-order valence-electron chi connectivity index (χ4n) is 2.70. The summed E-state index contributed by atoms with van der Waals surface area (Å²) >= 11 is 0. The van der Waals surface area contributed by atoms with Crippen LogP contribution in [0.1, 0.15) is 26.0 Å². The first-order valence-electron chi connectivity index (χ1n) is 7.88. The number of nitrogens with one attached hydrogen (secondary N) is 1. The Morgan fingerprint density at radius 3 is 3.05 bits per heavy atom. The number of likely N-dealkylation sites (tertiary alicyclic amines) is 1. The average Bonchev–Trinajstić information content (AvgIpc) is 3.09. The van der Waals surface area contributed by atoms with Crippen LogP contribution in [0.25, 0.3) is 0 Å². The van der Waals surface area contributed by atoms with Gasteiger partial charge in [0.1, 0.15) is 12.4 Å². The van der Waals surface area contributed by atoms with Crippen molar-refractivity contribution in [1.82, 2.24) is 10.2 Å². The molecule has 5 nitrogen and oxygen atoms in total. The molecule has 21 heavy (non-hydrogen) atoms. The van der Waals surface area contributed by atoms with E-state index in [-0.39, 0.29) is 0 Å². The van der Waals surface area contributed by atoms with Crippen molar-refractivity contribution in [2.24, 2.45) is 5.92 Å². The first kappa shape index (κ1) is 16.5. The monoisotopic (exact) mass is 296 g/mol. The summed E-state index contributed by atoms with van der Waals surface area (Å²) in [5.41, 5.74) is 0. The van der Waals surface area contributed by atoms with Gasteiger partial charge in [0.25, 0.3) is 0 Å². The highest BCUT2D eigenvalue weighted by molar-refractivity contribution is 4.96. The summed E-state index contributed by atoms with van der Waals surface area (Å²) in [6.45, 7) is 9.14. The third kappa shape index (κ3) is 5.79. The number of rotatable bonds is 9. The molecule has 1 saturated heterocycles. The minimum Gasteiger partial charge on any atom is -0.467 e. The highest BCUT2D eigenvalue weighted by Crippen LogP contribution is 2.17. The van der Waals surface area contributed by atoms with Crippen molar-refractivity contribution < 1.29 is 14.3 Å². The zero-order chi connectivity index (χ0) is 15.1. The predicted molar refractivity (Wildman–Crippen MR) is 82.1 cm³/mol. The third-order valence-corrected chi connectivity index (χ3v) is 4.00.